The lowest BCUT2D eigenvalue weighted by atomic mass is 9.82. The number of carboxylic acids is 1. The fraction of sp³-hybridized carbons (Fsp3) is 0.621. The van der Waals surface area contributed by atoms with Crippen molar-refractivity contribution in [3.8, 4) is 17.0 Å². The molecule has 0 bridgehead atoms. The molecule has 1 aliphatic rings. The summed E-state index contributed by atoms with van der Waals surface area (Å²) in [7, 11) is 0. The van der Waals surface area contributed by atoms with E-state index in [1.54, 1.807) is 19.3 Å². The van der Waals surface area contributed by atoms with E-state index in [2.05, 4.69) is 35.6 Å². The van der Waals surface area contributed by atoms with Gasteiger partial charge in [0.2, 0.25) is 5.88 Å². The van der Waals surface area contributed by atoms with Crippen LogP contribution in [0.1, 0.15) is 85.1 Å². The number of aryl methyl sites for hydroxylation is 1. The largest absolute Gasteiger partial charge is 0.479 e. The number of piperidine rings is 1. The van der Waals surface area contributed by atoms with Crippen molar-refractivity contribution < 1.29 is 23.8 Å². The summed E-state index contributed by atoms with van der Waals surface area (Å²) < 4.78 is 26.8. The number of halogens is 1. The third-order valence-electron chi connectivity index (χ3n) is 7.00. The van der Waals surface area contributed by atoms with Gasteiger partial charge in [-0.15, -0.1) is 0 Å². The van der Waals surface area contributed by atoms with Crippen molar-refractivity contribution in [1.29, 1.82) is 0 Å². The Morgan fingerprint density at radius 2 is 1.86 bits per heavy atom. The summed E-state index contributed by atoms with van der Waals surface area (Å²) in [6.45, 7) is 17.7. The molecule has 8 heteroatoms. The molecule has 2 aromatic heterocycles. The number of rotatable bonds is 9. The van der Waals surface area contributed by atoms with Gasteiger partial charge in [0.05, 0.1) is 17.9 Å². The monoisotopic (exact) mass is 515 g/mol. The molecule has 1 fully saturated rings. The molecule has 1 saturated heterocycles. The molecule has 1 N–H and O–H groups in total. The molecule has 0 aromatic carbocycles. The molecule has 0 saturated carbocycles. The van der Waals surface area contributed by atoms with E-state index >= 15 is 4.39 Å². The molecule has 0 amide bonds. The van der Waals surface area contributed by atoms with E-state index in [-0.39, 0.29) is 17.2 Å². The van der Waals surface area contributed by atoms with Gasteiger partial charge in [0.25, 0.3) is 0 Å². The Labute approximate surface area is 220 Å². The van der Waals surface area contributed by atoms with Crippen LogP contribution >= 0.6 is 0 Å². The van der Waals surface area contributed by atoms with Gasteiger partial charge < -0.3 is 19.5 Å². The summed E-state index contributed by atoms with van der Waals surface area (Å²) in [5.41, 5.74) is 2.42. The second-order valence-corrected chi connectivity index (χ2v) is 12.0. The summed E-state index contributed by atoms with van der Waals surface area (Å²) in [6.07, 6.45) is 4.84. The maximum absolute atomic E-state index is 15.1. The molecule has 0 aliphatic carbocycles. The van der Waals surface area contributed by atoms with Crippen LogP contribution in [0.25, 0.3) is 11.1 Å². The summed E-state index contributed by atoms with van der Waals surface area (Å²) >= 11 is 0. The Morgan fingerprint density at radius 1 is 1.22 bits per heavy atom. The molecule has 2 aromatic rings. The van der Waals surface area contributed by atoms with Gasteiger partial charge in [0.15, 0.2) is 11.9 Å². The van der Waals surface area contributed by atoms with Gasteiger partial charge in [-0.05, 0) is 57.9 Å². The second kappa shape index (κ2) is 11.3. The van der Waals surface area contributed by atoms with Crippen molar-refractivity contribution in [3.63, 3.8) is 0 Å². The van der Waals surface area contributed by atoms with Crippen LogP contribution in [-0.2, 0) is 9.53 Å². The molecule has 3 heterocycles. The minimum absolute atomic E-state index is 0.0369. The highest BCUT2D eigenvalue weighted by Crippen LogP contribution is 2.43. The van der Waals surface area contributed by atoms with Crippen molar-refractivity contribution in [2.75, 3.05) is 24.6 Å². The van der Waals surface area contributed by atoms with Gasteiger partial charge >= 0.3 is 5.97 Å². The topological polar surface area (TPSA) is 84.8 Å². The van der Waals surface area contributed by atoms with E-state index < -0.39 is 23.5 Å². The SMILES string of the molecule is CCC(C)COc1ncc(-c2cnc(C)c([C@H](OC(C)(C)C)C(=O)O)c2N2CCC(C)(C)CC2)cc1F. The zero-order chi connectivity index (χ0) is 27.5. The molecule has 7 nitrogen and oxygen atoms in total. The molecule has 3 rings (SSSR count). The first kappa shape index (κ1) is 28.8. The number of aliphatic carboxylic acids is 1. The van der Waals surface area contributed by atoms with Gasteiger partial charge in [-0.25, -0.2) is 14.2 Å². The van der Waals surface area contributed by atoms with Gasteiger partial charge in [-0.3, -0.25) is 4.98 Å². The summed E-state index contributed by atoms with van der Waals surface area (Å²) in [4.78, 5) is 23.5. The van der Waals surface area contributed by atoms with Crippen molar-refractivity contribution in [2.45, 2.75) is 86.4 Å². The van der Waals surface area contributed by atoms with E-state index in [0.717, 1.165) is 32.4 Å². The van der Waals surface area contributed by atoms with Crippen LogP contribution in [-0.4, -0.2) is 46.3 Å². The summed E-state index contributed by atoms with van der Waals surface area (Å²) in [5, 5.41) is 10.2. The van der Waals surface area contributed by atoms with Crippen LogP contribution in [0.5, 0.6) is 5.88 Å². The van der Waals surface area contributed by atoms with Crippen LogP contribution in [0.3, 0.4) is 0 Å². The highest BCUT2D eigenvalue weighted by atomic mass is 19.1. The molecule has 0 spiro atoms. The molecular weight excluding hydrogens is 473 g/mol. The number of carbonyl (C=O) groups is 1. The van der Waals surface area contributed by atoms with Gasteiger partial charge in [0.1, 0.15) is 0 Å². The number of aromatic nitrogens is 2. The molecule has 1 unspecified atom stereocenters. The first-order chi connectivity index (χ1) is 17.2. The zero-order valence-corrected chi connectivity index (χ0v) is 23.5. The molecule has 1 aliphatic heterocycles. The zero-order valence-electron chi connectivity index (χ0n) is 23.5. The third kappa shape index (κ3) is 7.18. The number of pyridine rings is 2. The minimum atomic E-state index is -1.23. The Morgan fingerprint density at radius 3 is 2.41 bits per heavy atom. The fourth-order valence-corrected chi connectivity index (χ4v) is 4.41. The first-order valence-corrected chi connectivity index (χ1v) is 13.2. The Bertz CT molecular complexity index is 1100. The predicted octanol–water partition coefficient (Wildman–Crippen LogP) is 6.58. The van der Waals surface area contributed by atoms with Crippen LogP contribution < -0.4 is 9.64 Å². The Kier molecular flexibility index (Phi) is 8.83. The summed E-state index contributed by atoms with van der Waals surface area (Å²) in [6, 6.07) is 1.40. The Hall–Kier alpha value is -2.74. The standard InChI is InChI=1S/C29H42FN3O4/c1-9-18(2)17-36-26-22(30)14-20(15-32-26)21-16-31-19(3)23(25(27(34)35)37-28(4,5)6)24(21)33-12-10-29(7,8)11-13-33/h14-16,18,25H,9-13,17H2,1-8H3,(H,34,35)/t18?,25-/m0/s1. The maximum atomic E-state index is 15.1. The van der Waals surface area contributed by atoms with Crippen molar-refractivity contribution >= 4 is 11.7 Å². The van der Waals surface area contributed by atoms with Crippen LogP contribution in [0, 0.1) is 24.1 Å². The van der Waals surface area contributed by atoms with Crippen molar-refractivity contribution in [1.82, 2.24) is 9.97 Å². The molecule has 0 radical (unpaired) electrons. The number of carboxylic acid groups (broad SMARTS) is 1. The lowest BCUT2D eigenvalue weighted by Gasteiger charge is -2.40. The predicted molar refractivity (Wildman–Crippen MR) is 144 cm³/mol. The Balaban J connectivity index is 2.15. The van der Waals surface area contributed by atoms with Crippen LogP contribution in [0.2, 0.25) is 0 Å². The van der Waals surface area contributed by atoms with Gasteiger partial charge in [0, 0.05) is 47.9 Å². The second-order valence-electron chi connectivity index (χ2n) is 12.0. The normalized spacial score (nSPS) is 17.4. The highest BCUT2D eigenvalue weighted by molar-refractivity contribution is 5.86. The number of hydrogen-bond donors (Lipinski definition) is 1. The number of nitrogens with zero attached hydrogens (tertiary/aromatic N) is 3. The quantitative estimate of drug-likeness (QED) is 0.404. The van der Waals surface area contributed by atoms with E-state index in [9.17, 15) is 9.90 Å². The lowest BCUT2D eigenvalue weighted by Crippen LogP contribution is -2.39. The number of hydrogen-bond acceptors (Lipinski definition) is 6. The third-order valence-corrected chi connectivity index (χ3v) is 7.00. The average Bonchev–Trinajstić information content (AvgIpc) is 2.81. The van der Waals surface area contributed by atoms with Crippen LogP contribution in [0.15, 0.2) is 18.5 Å². The van der Waals surface area contributed by atoms with Gasteiger partial charge in [-0.1, -0.05) is 34.1 Å². The lowest BCUT2D eigenvalue weighted by molar-refractivity contribution is -0.160. The number of ether oxygens (including phenoxy) is 2. The maximum Gasteiger partial charge on any atom is 0.337 e. The summed E-state index contributed by atoms with van der Waals surface area (Å²) in [5.74, 6) is -1.40. The van der Waals surface area contributed by atoms with E-state index in [1.807, 2.05) is 27.7 Å². The fourth-order valence-electron chi connectivity index (χ4n) is 4.41. The van der Waals surface area contributed by atoms with E-state index in [0.29, 0.717) is 34.7 Å². The van der Waals surface area contributed by atoms with Crippen LogP contribution in [0.4, 0.5) is 10.1 Å². The molecular formula is C29H42FN3O4. The average molecular weight is 516 g/mol. The van der Waals surface area contributed by atoms with Crippen molar-refractivity contribution in [2.24, 2.45) is 11.3 Å². The number of anilines is 1. The van der Waals surface area contributed by atoms with E-state index in [1.165, 1.54) is 6.07 Å². The first-order valence-electron chi connectivity index (χ1n) is 13.2. The van der Waals surface area contributed by atoms with Gasteiger partial charge in [-0.2, -0.15) is 0 Å². The molecule has 37 heavy (non-hydrogen) atoms. The highest BCUT2D eigenvalue weighted by Gasteiger charge is 2.36. The van der Waals surface area contributed by atoms with Crippen molar-refractivity contribution in [3.05, 3.63) is 35.5 Å². The minimum Gasteiger partial charge on any atom is -0.479 e. The van der Waals surface area contributed by atoms with E-state index in [4.69, 9.17) is 9.47 Å². The smallest absolute Gasteiger partial charge is 0.337 e. The molecule has 2 atom stereocenters. The molecule has 204 valence electrons.